The molecule has 2 atom stereocenters. The van der Waals surface area contributed by atoms with Gasteiger partial charge in [-0.3, -0.25) is 4.79 Å². The molecule has 1 aliphatic carbocycles. The van der Waals surface area contributed by atoms with Crippen molar-refractivity contribution < 1.29 is 19.1 Å². The smallest absolute Gasteiger partial charge is 0.349 e. The fourth-order valence-electron chi connectivity index (χ4n) is 2.99. The molecule has 0 heterocycles. The minimum atomic E-state index is -0.810. The number of ether oxygens (including phenoxy) is 2. The maximum atomic E-state index is 12.0. The molecule has 1 aromatic carbocycles. The molecule has 1 saturated carbocycles. The highest BCUT2D eigenvalue weighted by Crippen LogP contribution is 2.23. The minimum absolute atomic E-state index is 0.125. The number of carbonyl (C=O) groups is 2. The average Bonchev–Trinajstić information content (AvgIpc) is 2.66. The molecule has 1 aromatic rings. The number of nitrogens with one attached hydrogen (secondary N) is 1. The number of methoxy groups -OCH3 is 1. The maximum absolute atomic E-state index is 12.0. The Balaban J connectivity index is 1.88. The second-order valence-corrected chi connectivity index (χ2v) is 6.45. The van der Waals surface area contributed by atoms with Crippen molar-refractivity contribution in [2.24, 2.45) is 5.92 Å². The maximum Gasteiger partial charge on any atom is 0.349 e. The number of hydrogen-bond donors (Lipinski definition) is 1. The van der Waals surface area contributed by atoms with Crippen LogP contribution in [-0.4, -0.2) is 31.6 Å². The van der Waals surface area contributed by atoms with E-state index in [1.54, 1.807) is 31.4 Å². The van der Waals surface area contributed by atoms with Gasteiger partial charge in [0.15, 0.2) is 6.61 Å². The molecule has 2 unspecified atom stereocenters. The van der Waals surface area contributed by atoms with E-state index in [1.165, 1.54) is 12.5 Å². The molecule has 1 N–H and O–H groups in total. The second-order valence-electron chi connectivity index (χ2n) is 6.45. The lowest BCUT2D eigenvalue weighted by Gasteiger charge is -2.29. The Hall–Kier alpha value is -2.81. The predicted octanol–water partition coefficient (Wildman–Crippen LogP) is 2.84. The summed E-state index contributed by atoms with van der Waals surface area (Å²) in [6.07, 6.45) is 5.74. The molecule has 0 bridgehead atoms. The van der Waals surface area contributed by atoms with Gasteiger partial charge in [0.25, 0.3) is 5.91 Å². The summed E-state index contributed by atoms with van der Waals surface area (Å²) in [5.41, 5.74) is 0.508. The fraction of sp³-hybridized carbons (Fsp3) is 0.450. The van der Waals surface area contributed by atoms with Crippen LogP contribution in [0.15, 0.2) is 29.8 Å². The van der Waals surface area contributed by atoms with Crippen molar-refractivity contribution in [3.05, 3.63) is 35.4 Å². The molecule has 0 aromatic heterocycles. The van der Waals surface area contributed by atoms with Crippen LogP contribution in [0.3, 0.4) is 0 Å². The Labute approximate surface area is 153 Å². The van der Waals surface area contributed by atoms with Crippen LogP contribution in [0.5, 0.6) is 5.75 Å². The molecule has 1 amide bonds. The van der Waals surface area contributed by atoms with Crippen LogP contribution < -0.4 is 10.1 Å². The van der Waals surface area contributed by atoms with Gasteiger partial charge in [0.05, 0.1) is 7.11 Å². The third-order valence-corrected chi connectivity index (χ3v) is 4.56. The lowest BCUT2D eigenvalue weighted by Crippen LogP contribution is -2.42. The summed E-state index contributed by atoms with van der Waals surface area (Å²) in [7, 11) is 1.56. The molecule has 0 radical (unpaired) electrons. The van der Waals surface area contributed by atoms with E-state index in [0.29, 0.717) is 17.2 Å². The van der Waals surface area contributed by atoms with Gasteiger partial charge in [-0.15, -0.1) is 0 Å². The number of nitrogens with zero attached hydrogens (tertiary/aromatic N) is 1. The van der Waals surface area contributed by atoms with Gasteiger partial charge in [0, 0.05) is 6.04 Å². The number of amides is 1. The lowest BCUT2D eigenvalue weighted by molar-refractivity contribution is -0.144. The Morgan fingerprint density at radius 2 is 1.96 bits per heavy atom. The van der Waals surface area contributed by atoms with Crippen LogP contribution in [-0.2, 0) is 14.3 Å². The summed E-state index contributed by atoms with van der Waals surface area (Å²) < 4.78 is 10.0. The molecule has 1 aliphatic rings. The van der Waals surface area contributed by atoms with Crippen LogP contribution in [0.4, 0.5) is 0 Å². The van der Waals surface area contributed by atoms with Crippen molar-refractivity contribution in [2.75, 3.05) is 13.7 Å². The van der Waals surface area contributed by atoms with E-state index in [2.05, 4.69) is 12.2 Å². The number of nitriles is 1. The van der Waals surface area contributed by atoms with E-state index in [-0.39, 0.29) is 24.1 Å². The SMILES string of the molecule is COc1ccc(/C=C(\C#N)C(=O)OCC(=O)NC2CCCCC2C)cc1. The van der Waals surface area contributed by atoms with Crippen LogP contribution in [0.1, 0.15) is 38.2 Å². The van der Waals surface area contributed by atoms with E-state index in [4.69, 9.17) is 9.47 Å². The van der Waals surface area contributed by atoms with Crippen LogP contribution in [0, 0.1) is 17.2 Å². The molecule has 138 valence electrons. The average molecular weight is 356 g/mol. The highest BCUT2D eigenvalue weighted by atomic mass is 16.5. The Bertz CT molecular complexity index is 704. The standard InChI is InChI=1S/C20H24N2O4/c1-14-5-3-4-6-18(14)22-19(23)13-26-20(24)16(12-21)11-15-7-9-17(25-2)10-8-15/h7-11,14,18H,3-6,13H2,1-2H3,(H,22,23)/b16-11+. The first-order valence-corrected chi connectivity index (χ1v) is 8.76. The van der Waals surface area contributed by atoms with E-state index >= 15 is 0 Å². The van der Waals surface area contributed by atoms with Gasteiger partial charge in [-0.2, -0.15) is 5.26 Å². The van der Waals surface area contributed by atoms with E-state index in [9.17, 15) is 14.9 Å². The van der Waals surface area contributed by atoms with Crippen LogP contribution in [0.25, 0.3) is 6.08 Å². The fourth-order valence-corrected chi connectivity index (χ4v) is 2.99. The molecule has 6 nitrogen and oxygen atoms in total. The number of carbonyl (C=O) groups excluding carboxylic acids is 2. The molecule has 0 spiro atoms. The number of hydrogen-bond acceptors (Lipinski definition) is 5. The summed E-state index contributed by atoms with van der Waals surface area (Å²) in [5.74, 6) is -0.0427. The van der Waals surface area contributed by atoms with Gasteiger partial charge >= 0.3 is 5.97 Å². The van der Waals surface area contributed by atoms with Gasteiger partial charge in [-0.05, 0) is 42.5 Å². The normalized spacial score (nSPS) is 20.0. The zero-order valence-corrected chi connectivity index (χ0v) is 15.2. The summed E-state index contributed by atoms with van der Waals surface area (Å²) >= 11 is 0. The molecule has 0 saturated heterocycles. The summed E-state index contributed by atoms with van der Waals surface area (Å²) in [4.78, 5) is 24.0. The zero-order chi connectivity index (χ0) is 18.9. The first kappa shape index (κ1) is 19.5. The topological polar surface area (TPSA) is 88.4 Å². The van der Waals surface area contributed by atoms with Crippen molar-refractivity contribution in [2.45, 2.75) is 38.6 Å². The monoisotopic (exact) mass is 356 g/mol. The lowest BCUT2D eigenvalue weighted by atomic mass is 9.86. The number of rotatable bonds is 6. The molecular weight excluding hydrogens is 332 g/mol. The van der Waals surface area contributed by atoms with Crippen molar-refractivity contribution >= 4 is 18.0 Å². The quantitative estimate of drug-likeness (QED) is 0.481. The third kappa shape index (κ3) is 5.62. The molecule has 2 rings (SSSR count). The van der Waals surface area contributed by atoms with Crippen LogP contribution in [0.2, 0.25) is 0 Å². The van der Waals surface area contributed by atoms with Gasteiger partial charge in [0.2, 0.25) is 0 Å². The first-order chi connectivity index (χ1) is 12.5. The second kappa shape index (κ2) is 9.62. The molecular formula is C20H24N2O4. The van der Waals surface area contributed by atoms with Crippen LogP contribution >= 0.6 is 0 Å². The molecule has 0 aliphatic heterocycles. The summed E-state index contributed by atoms with van der Waals surface area (Å²) in [6, 6.07) is 8.84. The van der Waals surface area contributed by atoms with Gasteiger partial charge in [-0.1, -0.05) is 31.9 Å². The van der Waals surface area contributed by atoms with E-state index in [1.807, 2.05) is 6.07 Å². The Kier molecular flexibility index (Phi) is 7.22. The van der Waals surface area contributed by atoms with E-state index < -0.39 is 5.97 Å². The van der Waals surface area contributed by atoms with Crippen molar-refractivity contribution in [3.8, 4) is 11.8 Å². The highest BCUT2D eigenvalue weighted by molar-refractivity contribution is 5.98. The number of esters is 1. The first-order valence-electron chi connectivity index (χ1n) is 8.76. The summed E-state index contributed by atoms with van der Waals surface area (Å²) in [6.45, 7) is 1.73. The Morgan fingerprint density at radius 1 is 1.27 bits per heavy atom. The van der Waals surface area contributed by atoms with Gasteiger partial charge < -0.3 is 14.8 Å². The zero-order valence-electron chi connectivity index (χ0n) is 15.2. The predicted molar refractivity (Wildman–Crippen MR) is 97.1 cm³/mol. The highest BCUT2D eigenvalue weighted by Gasteiger charge is 2.23. The minimum Gasteiger partial charge on any atom is -0.497 e. The molecule has 1 fully saturated rings. The van der Waals surface area contributed by atoms with Crippen molar-refractivity contribution in [1.29, 1.82) is 5.26 Å². The third-order valence-electron chi connectivity index (χ3n) is 4.56. The molecule has 26 heavy (non-hydrogen) atoms. The van der Waals surface area contributed by atoms with Gasteiger partial charge in [-0.25, -0.2) is 4.79 Å². The van der Waals surface area contributed by atoms with Crippen molar-refractivity contribution in [1.82, 2.24) is 5.32 Å². The largest absolute Gasteiger partial charge is 0.497 e. The van der Waals surface area contributed by atoms with Crippen molar-refractivity contribution in [3.63, 3.8) is 0 Å². The van der Waals surface area contributed by atoms with Gasteiger partial charge in [0.1, 0.15) is 17.4 Å². The molecule has 6 heteroatoms. The Morgan fingerprint density at radius 3 is 2.58 bits per heavy atom. The number of benzene rings is 1. The van der Waals surface area contributed by atoms with E-state index in [0.717, 1.165) is 19.3 Å². The summed E-state index contributed by atoms with van der Waals surface area (Å²) in [5, 5.41) is 12.1.